The number of hydrogen-bond acceptors (Lipinski definition) is 6. The summed E-state index contributed by atoms with van der Waals surface area (Å²) in [4.78, 5) is 16.5. The van der Waals surface area contributed by atoms with E-state index in [9.17, 15) is 9.90 Å². The number of fused-ring (bicyclic) bond motifs is 1. The van der Waals surface area contributed by atoms with Gasteiger partial charge in [0, 0.05) is 11.8 Å². The number of amides is 1. The zero-order valence-electron chi connectivity index (χ0n) is 17.5. The second-order valence-electron chi connectivity index (χ2n) is 7.28. The van der Waals surface area contributed by atoms with Crippen molar-refractivity contribution < 1.29 is 19.1 Å². The van der Waals surface area contributed by atoms with E-state index < -0.39 is 5.91 Å². The fourth-order valence-electron chi connectivity index (χ4n) is 3.12. The van der Waals surface area contributed by atoms with Crippen LogP contribution in [0.5, 0.6) is 11.5 Å². The van der Waals surface area contributed by atoms with Gasteiger partial charge in [-0.25, -0.2) is 4.98 Å². The normalized spacial score (nSPS) is 10.7. The van der Waals surface area contributed by atoms with Crippen molar-refractivity contribution in [2.45, 2.75) is 13.8 Å². The third-order valence-corrected chi connectivity index (χ3v) is 4.94. The summed E-state index contributed by atoms with van der Waals surface area (Å²) in [6.45, 7) is 3.70. The maximum atomic E-state index is 12.1. The standard InChI is InChI=1S/C24H21N3O4S/c1-14-7-10-18-21(11-14)31-23(26-18)17-9-8-16(12-19(17)28)25-24(32)27-22(29)13-30-20-6-4-3-5-15(20)2/h3-12,28H,13H2,1-2H3,(H2,25,27,29,32). The summed E-state index contributed by atoms with van der Waals surface area (Å²) < 4.78 is 11.3. The number of carbonyl (C=O) groups is 1. The number of phenolic OH excluding ortho intramolecular Hbond substituents is 1. The van der Waals surface area contributed by atoms with Gasteiger partial charge in [-0.15, -0.1) is 0 Å². The number of hydrogen-bond donors (Lipinski definition) is 3. The predicted molar refractivity (Wildman–Crippen MR) is 127 cm³/mol. The monoisotopic (exact) mass is 447 g/mol. The van der Waals surface area contributed by atoms with Gasteiger partial charge in [0.25, 0.3) is 5.91 Å². The molecule has 162 valence electrons. The number of aromatic nitrogens is 1. The first-order valence-corrected chi connectivity index (χ1v) is 10.3. The summed E-state index contributed by atoms with van der Waals surface area (Å²) in [5.74, 6) is 0.527. The van der Waals surface area contributed by atoms with Crippen LogP contribution in [-0.4, -0.2) is 27.7 Å². The summed E-state index contributed by atoms with van der Waals surface area (Å²) in [7, 11) is 0. The van der Waals surface area contributed by atoms with Gasteiger partial charge in [0.2, 0.25) is 5.89 Å². The van der Waals surface area contributed by atoms with E-state index in [0.29, 0.717) is 34.0 Å². The predicted octanol–water partition coefficient (Wildman–Crippen LogP) is 4.71. The van der Waals surface area contributed by atoms with Crippen molar-refractivity contribution in [2.75, 3.05) is 11.9 Å². The molecule has 32 heavy (non-hydrogen) atoms. The lowest BCUT2D eigenvalue weighted by Crippen LogP contribution is -2.37. The summed E-state index contributed by atoms with van der Waals surface area (Å²) in [5, 5.41) is 16.0. The van der Waals surface area contributed by atoms with Gasteiger partial charge in [-0.3, -0.25) is 10.1 Å². The number of nitrogens with zero attached hydrogens (tertiary/aromatic N) is 1. The Morgan fingerprint density at radius 2 is 1.94 bits per heavy atom. The molecule has 4 rings (SSSR count). The van der Waals surface area contributed by atoms with Gasteiger partial charge in [-0.2, -0.15) is 0 Å². The zero-order chi connectivity index (χ0) is 22.7. The minimum absolute atomic E-state index is 0.0321. The van der Waals surface area contributed by atoms with Crippen LogP contribution in [0, 0.1) is 13.8 Å². The second kappa shape index (κ2) is 9.07. The number of phenols is 1. The SMILES string of the molecule is Cc1ccc2nc(-c3ccc(NC(=S)NC(=O)COc4ccccc4C)cc3O)oc2c1. The third-order valence-electron chi connectivity index (χ3n) is 4.74. The molecule has 0 aliphatic heterocycles. The average Bonchev–Trinajstić information content (AvgIpc) is 3.16. The number of aryl methyl sites for hydroxylation is 2. The lowest BCUT2D eigenvalue weighted by atomic mass is 10.2. The molecule has 0 saturated carbocycles. The van der Waals surface area contributed by atoms with Crippen LogP contribution in [0.3, 0.4) is 0 Å². The van der Waals surface area contributed by atoms with E-state index in [1.807, 2.05) is 50.2 Å². The molecule has 0 bridgehead atoms. The molecule has 0 fully saturated rings. The molecule has 0 saturated heterocycles. The Hall–Kier alpha value is -3.91. The van der Waals surface area contributed by atoms with Crippen LogP contribution in [0.2, 0.25) is 0 Å². The number of aromatic hydroxyl groups is 1. The molecule has 0 aliphatic carbocycles. The van der Waals surface area contributed by atoms with E-state index in [4.69, 9.17) is 21.4 Å². The van der Waals surface area contributed by atoms with Crippen molar-refractivity contribution in [2.24, 2.45) is 0 Å². The minimum atomic E-state index is -0.395. The molecule has 1 amide bonds. The van der Waals surface area contributed by atoms with Crippen LogP contribution in [0.1, 0.15) is 11.1 Å². The molecule has 3 aromatic carbocycles. The number of thiocarbonyl (C=S) groups is 1. The van der Waals surface area contributed by atoms with E-state index in [0.717, 1.165) is 11.1 Å². The zero-order valence-corrected chi connectivity index (χ0v) is 18.3. The molecular weight excluding hydrogens is 426 g/mol. The van der Waals surface area contributed by atoms with Gasteiger partial charge >= 0.3 is 0 Å². The van der Waals surface area contributed by atoms with Crippen molar-refractivity contribution in [1.29, 1.82) is 0 Å². The largest absolute Gasteiger partial charge is 0.507 e. The van der Waals surface area contributed by atoms with Crippen molar-refractivity contribution in [3.63, 3.8) is 0 Å². The van der Waals surface area contributed by atoms with E-state index in [1.54, 1.807) is 18.2 Å². The Labute approximate surface area is 190 Å². The number of anilines is 1. The number of nitrogens with one attached hydrogen (secondary N) is 2. The van der Waals surface area contributed by atoms with Gasteiger partial charge in [0.1, 0.15) is 17.0 Å². The number of ether oxygens (including phenoxy) is 1. The Morgan fingerprint density at radius 1 is 1.12 bits per heavy atom. The molecular formula is C24H21N3O4S. The molecule has 0 aliphatic rings. The van der Waals surface area contributed by atoms with Gasteiger partial charge in [0.15, 0.2) is 17.3 Å². The Kier molecular flexibility index (Phi) is 6.04. The molecule has 0 unspecified atom stereocenters. The highest BCUT2D eigenvalue weighted by molar-refractivity contribution is 7.80. The Balaban J connectivity index is 1.38. The third kappa shape index (κ3) is 4.87. The van der Waals surface area contributed by atoms with Crippen molar-refractivity contribution in [3.8, 4) is 23.0 Å². The maximum Gasteiger partial charge on any atom is 0.264 e. The highest BCUT2D eigenvalue weighted by Crippen LogP contribution is 2.33. The summed E-state index contributed by atoms with van der Waals surface area (Å²) in [5.41, 5.74) is 4.31. The van der Waals surface area contributed by atoms with Gasteiger partial charge in [-0.05, 0) is 67.5 Å². The number of benzene rings is 3. The molecule has 1 aromatic heterocycles. The van der Waals surface area contributed by atoms with Crippen molar-refractivity contribution in [3.05, 3.63) is 71.8 Å². The fourth-order valence-corrected chi connectivity index (χ4v) is 3.36. The Morgan fingerprint density at radius 3 is 2.72 bits per heavy atom. The van der Waals surface area contributed by atoms with Gasteiger partial charge in [-0.1, -0.05) is 24.3 Å². The van der Waals surface area contributed by atoms with Crippen LogP contribution in [0.25, 0.3) is 22.6 Å². The van der Waals surface area contributed by atoms with Gasteiger partial charge in [0.05, 0.1) is 5.56 Å². The molecule has 8 heteroatoms. The first-order chi connectivity index (χ1) is 15.4. The molecule has 1 heterocycles. The fraction of sp³-hybridized carbons (Fsp3) is 0.125. The molecule has 7 nitrogen and oxygen atoms in total. The first kappa shape index (κ1) is 21.3. The highest BCUT2D eigenvalue weighted by Gasteiger charge is 2.14. The van der Waals surface area contributed by atoms with Crippen LogP contribution < -0.4 is 15.4 Å². The minimum Gasteiger partial charge on any atom is -0.507 e. The molecule has 4 aromatic rings. The topological polar surface area (TPSA) is 96.6 Å². The average molecular weight is 448 g/mol. The first-order valence-electron chi connectivity index (χ1n) is 9.89. The lowest BCUT2D eigenvalue weighted by Gasteiger charge is -2.12. The highest BCUT2D eigenvalue weighted by atomic mass is 32.1. The van der Waals surface area contributed by atoms with E-state index in [1.165, 1.54) is 6.07 Å². The maximum absolute atomic E-state index is 12.1. The number of rotatable bonds is 5. The quantitative estimate of drug-likeness (QED) is 0.381. The second-order valence-corrected chi connectivity index (χ2v) is 7.69. The van der Waals surface area contributed by atoms with Crippen LogP contribution in [0.4, 0.5) is 5.69 Å². The van der Waals surface area contributed by atoms with Crippen molar-refractivity contribution in [1.82, 2.24) is 10.3 Å². The molecule has 3 N–H and O–H groups in total. The molecule has 0 spiro atoms. The van der Waals surface area contributed by atoms with Gasteiger partial charge < -0.3 is 19.6 Å². The van der Waals surface area contributed by atoms with Crippen LogP contribution in [0.15, 0.2) is 65.1 Å². The number of oxazole rings is 1. The van der Waals surface area contributed by atoms with E-state index in [-0.39, 0.29) is 17.5 Å². The lowest BCUT2D eigenvalue weighted by molar-refractivity contribution is -0.121. The molecule has 0 radical (unpaired) electrons. The summed E-state index contributed by atoms with van der Waals surface area (Å²) in [6, 6.07) is 18.0. The molecule has 0 atom stereocenters. The van der Waals surface area contributed by atoms with Crippen molar-refractivity contribution >= 4 is 40.0 Å². The Bertz CT molecular complexity index is 1320. The van der Waals surface area contributed by atoms with E-state index >= 15 is 0 Å². The number of carbonyl (C=O) groups excluding carboxylic acids is 1. The van der Waals surface area contributed by atoms with Crippen LogP contribution in [-0.2, 0) is 4.79 Å². The summed E-state index contributed by atoms with van der Waals surface area (Å²) in [6.07, 6.45) is 0. The smallest absolute Gasteiger partial charge is 0.264 e. The van der Waals surface area contributed by atoms with Crippen LogP contribution >= 0.6 is 12.2 Å². The summed E-state index contributed by atoms with van der Waals surface area (Å²) >= 11 is 5.18. The number of para-hydroxylation sites is 1. The van der Waals surface area contributed by atoms with E-state index in [2.05, 4.69) is 15.6 Å².